The topological polar surface area (TPSA) is 64.6 Å². The Labute approximate surface area is 234 Å². The number of hydrogen-bond acceptors (Lipinski definition) is 5. The molecular formula is C32H44ClNO4. The lowest BCUT2D eigenvalue weighted by Gasteiger charge is -2.33. The molecule has 1 aliphatic rings. The molecule has 0 bridgehead atoms. The second-order valence-electron chi connectivity index (χ2n) is 7.19. The molecule has 0 saturated heterocycles. The number of carbonyl (C=O) groups excluding carboxylic acids is 2. The monoisotopic (exact) mass is 541 g/mol. The van der Waals surface area contributed by atoms with Crippen LogP contribution in [-0.2, 0) is 15.2 Å². The van der Waals surface area contributed by atoms with Crippen LogP contribution < -0.4 is 5.32 Å². The zero-order valence-electron chi connectivity index (χ0n) is 24.8. The van der Waals surface area contributed by atoms with Crippen molar-refractivity contribution in [3.8, 4) is 0 Å². The highest BCUT2D eigenvalue weighted by Crippen LogP contribution is 2.46. The van der Waals surface area contributed by atoms with Gasteiger partial charge in [0.2, 0.25) is 5.72 Å². The van der Waals surface area contributed by atoms with E-state index in [1.807, 2.05) is 87.4 Å². The molecule has 3 aromatic carbocycles. The van der Waals surface area contributed by atoms with Crippen molar-refractivity contribution in [2.75, 3.05) is 12.4 Å². The quantitative estimate of drug-likeness (QED) is 0.333. The third kappa shape index (κ3) is 7.38. The molecule has 1 N–H and O–H groups in total. The molecule has 38 heavy (non-hydrogen) atoms. The molecule has 1 unspecified atom stereocenters. The summed E-state index contributed by atoms with van der Waals surface area (Å²) in [7, 11) is 1.32. The molecule has 5 nitrogen and oxygen atoms in total. The predicted molar refractivity (Wildman–Crippen MR) is 160 cm³/mol. The number of nitrogens with one attached hydrogen (secondary N) is 1. The van der Waals surface area contributed by atoms with Gasteiger partial charge in [0.05, 0.1) is 34.5 Å². The average Bonchev–Trinajstić information content (AvgIpc) is 3.27. The van der Waals surface area contributed by atoms with Crippen molar-refractivity contribution < 1.29 is 19.1 Å². The van der Waals surface area contributed by atoms with Gasteiger partial charge in [0.15, 0.2) is 0 Å². The maximum absolute atomic E-state index is 12.8. The highest BCUT2D eigenvalue weighted by molar-refractivity contribution is 6.32. The molecule has 0 amide bonds. The fourth-order valence-corrected chi connectivity index (χ4v) is 4.00. The number of halogens is 1. The van der Waals surface area contributed by atoms with Crippen LogP contribution in [0.2, 0.25) is 5.02 Å². The zero-order valence-corrected chi connectivity index (χ0v) is 25.5. The van der Waals surface area contributed by atoms with Gasteiger partial charge >= 0.3 is 11.9 Å². The number of ether oxygens (including phenoxy) is 2. The lowest BCUT2D eigenvalue weighted by Crippen LogP contribution is -2.38. The number of carbonyl (C=O) groups is 2. The summed E-state index contributed by atoms with van der Waals surface area (Å²) in [5, 5.41) is 3.69. The standard InChI is InChI=1S/C24H20ClNO4.4C2H6/c1-14-11-12-16(13-15(14)2)24(21-18(23(28)30-24)8-6-9-19(21)25)26-20-10-5-4-7-17(20)22(27)29-3;4*1-2/h4-13,26H,1-3H3;4*1-2H3. The van der Waals surface area contributed by atoms with E-state index in [4.69, 9.17) is 21.1 Å². The summed E-state index contributed by atoms with van der Waals surface area (Å²) in [4.78, 5) is 25.1. The Bertz CT molecular complexity index is 1180. The molecule has 1 aliphatic heterocycles. The minimum absolute atomic E-state index is 0.319. The Hall–Kier alpha value is -3.31. The van der Waals surface area contributed by atoms with Crippen LogP contribution in [-0.4, -0.2) is 19.0 Å². The van der Waals surface area contributed by atoms with Crippen molar-refractivity contribution >= 4 is 29.2 Å². The highest BCUT2D eigenvalue weighted by Gasteiger charge is 2.49. The first-order valence-electron chi connectivity index (χ1n) is 13.4. The SMILES string of the molecule is CC.CC.CC.CC.COC(=O)c1ccccc1NC1(c2ccc(C)c(C)c2)OC(=O)c2cccc(Cl)c21. The van der Waals surface area contributed by atoms with Crippen LogP contribution in [0, 0.1) is 13.8 Å². The average molecular weight is 542 g/mol. The minimum atomic E-state index is -1.40. The number of benzene rings is 3. The molecule has 1 heterocycles. The molecule has 4 rings (SSSR count). The van der Waals surface area contributed by atoms with Gasteiger partial charge in [-0.05, 0) is 55.3 Å². The largest absolute Gasteiger partial charge is 0.465 e. The Balaban J connectivity index is 0.00000157. The molecule has 0 spiro atoms. The van der Waals surface area contributed by atoms with E-state index < -0.39 is 17.7 Å². The first-order valence-corrected chi connectivity index (χ1v) is 13.8. The number of para-hydroxylation sites is 1. The van der Waals surface area contributed by atoms with Crippen molar-refractivity contribution in [1.82, 2.24) is 0 Å². The van der Waals surface area contributed by atoms with Crippen LogP contribution in [0.3, 0.4) is 0 Å². The van der Waals surface area contributed by atoms with Crippen molar-refractivity contribution in [2.24, 2.45) is 0 Å². The Morgan fingerprint density at radius 3 is 2.03 bits per heavy atom. The molecule has 0 aliphatic carbocycles. The highest BCUT2D eigenvalue weighted by atomic mass is 35.5. The molecule has 3 aromatic rings. The molecule has 0 aromatic heterocycles. The maximum Gasteiger partial charge on any atom is 0.341 e. The number of aryl methyl sites for hydroxylation is 2. The van der Waals surface area contributed by atoms with Gasteiger partial charge in [-0.3, -0.25) is 0 Å². The van der Waals surface area contributed by atoms with Crippen molar-refractivity contribution in [3.05, 3.63) is 99.1 Å². The van der Waals surface area contributed by atoms with Gasteiger partial charge in [-0.2, -0.15) is 0 Å². The van der Waals surface area contributed by atoms with Gasteiger partial charge in [-0.1, -0.05) is 97.3 Å². The molecule has 6 heteroatoms. The maximum atomic E-state index is 12.8. The van der Waals surface area contributed by atoms with Crippen LogP contribution in [0.25, 0.3) is 0 Å². The summed E-state index contributed by atoms with van der Waals surface area (Å²) in [5.41, 5.74) is 3.11. The normalized spacial score (nSPS) is 14.3. The number of esters is 2. The smallest absolute Gasteiger partial charge is 0.341 e. The van der Waals surface area contributed by atoms with Crippen molar-refractivity contribution in [3.63, 3.8) is 0 Å². The predicted octanol–water partition coefficient (Wildman–Crippen LogP) is 9.33. The summed E-state index contributed by atoms with van der Waals surface area (Å²) in [6, 6.07) is 17.8. The van der Waals surface area contributed by atoms with E-state index in [0.717, 1.165) is 11.1 Å². The fraction of sp³-hybridized carbons (Fsp3) is 0.375. The van der Waals surface area contributed by atoms with E-state index in [-0.39, 0.29) is 0 Å². The molecule has 0 fully saturated rings. The Morgan fingerprint density at radius 2 is 1.45 bits per heavy atom. The van der Waals surface area contributed by atoms with Gasteiger partial charge < -0.3 is 14.8 Å². The van der Waals surface area contributed by atoms with Crippen molar-refractivity contribution in [1.29, 1.82) is 0 Å². The second kappa shape index (κ2) is 17.2. The first kappa shape index (κ1) is 34.7. The zero-order chi connectivity index (χ0) is 29.5. The van der Waals surface area contributed by atoms with E-state index in [2.05, 4.69) is 5.32 Å². The van der Waals surface area contributed by atoms with Gasteiger partial charge in [-0.15, -0.1) is 0 Å². The minimum Gasteiger partial charge on any atom is -0.465 e. The van der Waals surface area contributed by atoms with Gasteiger partial charge in [0.25, 0.3) is 0 Å². The van der Waals surface area contributed by atoms with Crippen LogP contribution in [0.15, 0.2) is 60.7 Å². The second-order valence-corrected chi connectivity index (χ2v) is 7.60. The summed E-state index contributed by atoms with van der Waals surface area (Å²) < 4.78 is 10.9. The van der Waals surface area contributed by atoms with Gasteiger partial charge in [-0.25, -0.2) is 9.59 Å². The van der Waals surface area contributed by atoms with E-state index in [1.54, 1.807) is 42.5 Å². The van der Waals surface area contributed by atoms with Crippen LogP contribution in [0.5, 0.6) is 0 Å². The van der Waals surface area contributed by atoms with Crippen LogP contribution in [0.4, 0.5) is 5.69 Å². The number of anilines is 1. The van der Waals surface area contributed by atoms with E-state index in [0.29, 0.717) is 33.0 Å². The van der Waals surface area contributed by atoms with Crippen molar-refractivity contribution in [2.45, 2.75) is 75.0 Å². The molecule has 0 saturated carbocycles. The Kier molecular flexibility index (Phi) is 15.7. The number of rotatable bonds is 4. The van der Waals surface area contributed by atoms with Gasteiger partial charge in [0.1, 0.15) is 0 Å². The summed E-state index contributed by atoms with van der Waals surface area (Å²) in [6.45, 7) is 20.0. The molecule has 1 atom stereocenters. The summed E-state index contributed by atoms with van der Waals surface area (Å²) in [5.74, 6) is -0.995. The third-order valence-corrected chi connectivity index (χ3v) is 5.70. The van der Waals surface area contributed by atoms with E-state index >= 15 is 0 Å². The number of fused-ring (bicyclic) bond motifs is 1. The third-order valence-electron chi connectivity index (χ3n) is 5.39. The van der Waals surface area contributed by atoms with Crippen LogP contribution in [0.1, 0.15) is 98.4 Å². The number of hydrogen-bond donors (Lipinski definition) is 1. The first-order chi connectivity index (χ1) is 18.4. The van der Waals surface area contributed by atoms with E-state index in [1.165, 1.54) is 7.11 Å². The lowest BCUT2D eigenvalue weighted by atomic mass is 9.90. The van der Waals surface area contributed by atoms with Gasteiger partial charge in [0, 0.05) is 5.56 Å². The van der Waals surface area contributed by atoms with Crippen LogP contribution >= 0.6 is 11.6 Å². The lowest BCUT2D eigenvalue weighted by molar-refractivity contribution is 0.0212. The molecule has 208 valence electrons. The number of cyclic esters (lactones) is 1. The Morgan fingerprint density at radius 1 is 0.842 bits per heavy atom. The summed E-state index contributed by atoms with van der Waals surface area (Å²) in [6.07, 6.45) is 0. The fourth-order valence-electron chi connectivity index (χ4n) is 3.69. The summed E-state index contributed by atoms with van der Waals surface area (Å²) >= 11 is 6.57. The van der Waals surface area contributed by atoms with E-state index in [9.17, 15) is 9.59 Å². The molecular weight excluding hydrogens is 498 g/mol. The number of methoxy groups -OCH3 is 1. The molecule has 0 radical (unpaired) electrons.